The van der Waals surface area contributed by atoms with E-state index in [1.807, 2.05) is 24.3 Å². The highest BCUT2D eigenvalue weighted by atomic mass is 16.5. The van der Waals surface area contributed by atoms with E-state index in [0.29, 0.717) is 29.2 Å². The van der Waals surface area contributed by atoms with E-state index in [0.717, 1.165) is 17.8 Å². The third kappa shape index (κ3) is 4.51. The molecule has 0 aliphatic heterocycles. The summed E-state index contributed by atoms with van der Waals surface area (Å²) in [5, 5.41) is 9.13. The summed E-state index contributed by atoms with van der Waals surface area (Å²) >= 11 is 0. The maximum Gasteiger partial charge on any atom is 0.136 e. The standard InChI is InChI=1S/C22H23NO3/c1-5-18-15-22(26-4)19(16-21(18)25-3)10-7-17-8-11-20(12-9-17)23(6-2)13-14-24/h1,8-9,11-12,15-16,24H,6,13-14H2,2-4H3. The first-order chi connectivity index (χ1) is 12.7. The van der Waals surface area contributed by atoms with Gasteiger partial charge in [0.25, 0.3) is 0 Å². The SMILES string of the molecule is C#Cc1cc(OC)c(C#Cc2ccc(N(CC)CCO)cc2)cc1OC. The zero-order valence-corrected chi connectivity index (χ0v) is 15.4. The Bertz CT molecular complexity index is 839. The molecular formula is C22H23NO3. The molecule has 26 heavy (non-hydrogen) atoms. The molecule has 0 atom stereocenters. The highest BCUT2D eigenvalue weighted by molar-refractivity contribution is 5.59. The molecule has 0 aromatic heterocycles. The van der Waals surface area contributed by atoms with Crippen molar-refractivity contribution < 1.29 is 14.6 Å². The van der Waals surface area contributed by atoms with Crippen molar-refractivity contribution in [1.82, 2.24) is 0 Å². The minimum Gasteiger partial charge on any atom is -0.495 e. The monoisotopic (exact) mass is 349 g/mol. The van der Waals surface area contributed by atoms with E-state index in [-0.39, 0.29) is 6.61 Å². The molecule has 2 aromatic carbocycles. The molecule has 0 spiro atoms. The Kier molecular flexibility index (Phi) is 6.97. The average Bonchev–Trinajstić information content (AvgIpc) is 2.70. The summed E-state index contributed by atoms with van der Waals surface area (Å²) in [7, 11) is 3.16. The summed E-state index contributed by atoms with van der Waals surface area (Å²) in [6.07, 6.45) is 5.50. The van der Waals surface area contributed by atoms with Crippen LogP contribution in [-0.4, -0.2) is 39.0 Å². The number of hydrogen-bond donors (Lipinski definition) is 1. The first-order valence-electron chi connectivity index (χ1n) is 8.37. The highest BCUT2D eigenvalue weighted by Crippen LogP contribution is 2.27. The number of likely N-dealkylation sites (N-methyl/N-ethyl adjacent to an activating group) is 1. The van der Waals surface area contributed by atoms with Gasteiger partial charge in [-0.15, -0.1) is 6.42 Å². The first kappa shape index (κ1) is 19.2. The number of aliphatic hydroxyl groups is 1. The number of ether oxygens (including phenoxy) is 2. The van der Waals surface area contributed by atoms with Crippen molar-refractivity contribution >= 4 is 5.69 Å². The van der Waals surface area contributed by atoms with Gasteiger partial charge in [-0.3, -0.25) is 0 Å². The summed E-state index contributed by atoms with van der Waals surface area (Å²) in [6, 6.07) is 11.5. The molecule has 0 saturated heterocycles. The number of anilines is 1. The Hall–Kier alpha value is -3.08. The maximum absolute atomic E-state index is 9.13. The quantitative estimate of drug-likeness (QED) is 0.815. The lowest BCUT2D eigenvalue weighted by atomic mass is 10.1. The molecule has 134 valence electrons. The Balaban J connectivity index is 2.30. The lowest BCUT2D eigenvalue weighted by Crippen LogP contribution is -2.25. The Morgan fingerprint density at radius 1 is 1.00 bits per heavy atom. The Morgan fingerprint density at radius 3 is 2.15 bits per heavy atom. The van der Waals surface area contributed by atoms with Crippen LogP contribution in [0.1, 0.15) is 23.6 Å². The Morgan fingerprint density at radius 2 is 1.62 bits per heavy atom. The number of rotatable bonds is 6. The predicted molar refractivity (Wildman–Crippen MR) is 105 cm³/mol. The molecule has 0 amide bonds. The van der Waals surface area contributed by atoms with Gasteiger partial charge in [0.05, 0.1) is 32.0 Å². The highest BCUT2D eigenvalue weighted by Gasteiger charge is 2.08. The Labute approximate surface area is 155 Å². The van der Waals surface area contributed by atoms with Crippen LogP contribution in [0.2, 0.25) is 0 Å². The molecule has 2 aromatic rings. The van der Waals surface area contributed by atoms with Gasteiger partial charge in [0.2, 0.25) is 0 Å². The fourth-order valence-corrected chi connectivity index (χ4v) is 2.59. The average molecular weight is 349 g/mol. The smallest absolute Gasteiger partial charge is 0.136 e. The van der Waals surface area contributed by atoms with E-state index in [9.17, 15) is 0 Å². The molecule has 0 bridgehead atoms. The van der Waals surface area contributed by atoms with E-state index in [1.54, 1.807) is 26.4 Å². The number of terminal acetylenes is 1. The summed E-state index contributed by atoms with van der Waals surface area (Å²) in [4.78, 5) is 2.10. The number of nitrogens with zero attached hydrogens (tertiary/aromatic N) is 1. The van der Waals surface area contributed by atoms with Crippen LogP contribution < -0.4 is 14.4 Å². The first-order valence-corrected chi connectivity index (χ1v) is 8.37. The maximum atomic E-state index is 9.13. The summed E-state index contributed by atoms with van der Waals surface area (Å²) in [5.74, 6) is 10.0. The van der Waals surface area contributed by atoms with Gasteiger partial charge in [-0.05, 0) is 31.2 Å². The van der Waals surface area contributed by atoms with Crippen molar-refractivity contribution in [1.29, 1.82) is 0 Å². The molecule has 0 saturated carbocycles. The zero-order chi connectivity index (χ0) is 18.9. The van der Waals surface area contributed by atoms with Gasteiger partial charge in [-0.2, -0.15) is 0 Å². The third-order valence-electron chi connectivity index (χ3n) is 4.00. The predicted octanol–water partition coefficient (Wildman–Crippen LogP) is 2.90. The van der Waals surface area contributed by atoms with Crippen LogP contribution in [-0.2, 0) is 0 Å². The van der Waals surface area contributed by atoms with E-state index in [2.05, 4.69) is 29.6 Å². The van der Waals surface area contributed by atoms with Gasteiger partial charge in [-0.25, -0.2) is 0 Å². The van der Waals surface area contributed by atoms with Crippen molar-refractivity contribution in [3.8, 4) is 35.7 Å². The minimum atomic E-state index is 0.130. The number of benzene rings is 2. The van der Waals surface area contributed by atoms with Gasteiger partial charge >= 0.3 is 0 Å². The van der Waals surface area contributed by atoms with E-state index in [1.165, 1.54) is 0 Å². The zero-order valence-electron chi connectivity index (χ0n) is 15.4. The van der Waals surface area contributed by atoms with Crippen LogP contribution in [0.15, 0.2) is 36.4 Å². The molecular weight excluding hydrogens is 326 g/mol. The fourth-order valence-electron chi connectivity index (χ4n) is 2.59. The normalized spacial score (nSPS) is 9.65. The second-order valence-electron chi connectivity index (χ2n) is 5.50. The second kappa shape index (κ2) is 9.42. The summed E-state index contributed by atoms with van der Waals surface area (Å²) < 4.78 is 10.7. The van der Waals surface area contributed by atoms with Gasteiger partial charge < -0.3 is 19.5 Å². The van der Waals surface area contributed by atoms with Crippen LogP contribution in [0, 0.1) is 24.2 Å². The molecule has 0 radical (unpaired) electrons. The van der Waals surface area contributed by atoms with Crippen molar-refractivity contribution in [3.63, 3.8) is 0 Å². The van der Waals surface area contributed by atoms with E-state index < -0.39 is 0 Å². The second-order valence-corrected chi connectivity index (χ2v) is 5.50. The molecule has 1 N–H and O–H groups in total. The largest absolute Gasteiger partial charge is 0.495 e. The van der Waals surface area contributed by atoms with Crippen LogP contribution >= 0.6 is 0 Å². The lowest BCUT2D eigenvalue weighted by Gasteiger charge is -2.21. The lowest BCUT2D eigenvalue weighted by molar-refractivity contribution is 0.302. The van der Waals surface area contributed by atoms with Gasteiger partial charge in [0, 0.05) is 36.5 Å². The van der Waals surface area contributed by atoms with Crippen molar-refractivity contribution in [3.05, 3.63) is 53.1 Å². The van der Waals surface area contributed by atoms with Gasteiger partial charge in [0.1, 0.15) is 11.5 Å². The van der Waals surface area contributed by atoms with Gasteiger partial charge in [-0.1, -0.05) is 17.8 Å². The van der Waals surface area contributed by atoms with Crippen LogP contribution in [0.5, 0.6) is 11.5 Å². The molecule has 0 unspecified atom stereocenters. The third-order valence-corrected chi connectivity index (χ3v) is 4.00. The van der Waals surface area contributed by atoms with E-state index >= 15 is 0 Å². The van der Waals surface area contributed by atoms with Crippen molar-refractivity contribution in [2.75, 3.05) is 38.8 Å². The van der Waals surface area contributed by atoms with Crippen LogP contribution in [0.4, 0.5) is 5.69 Å². The fraction of sp³-hybridized carbons (Fsp3) is 0.273. The molecule has 0 heterocycles. The number of aliphatic hydroxyl groups excluding tert-OH is 1. The van der Waals surface area contributed by atoms with Crippen LogP contribution in [0.25, 0.3) is 0 Å². The molecule has 2 rings (SSSR count). The molecule has 0 aliphatic carbocycles. The van der Waals surface area contributed by atoms with E-state index in [4.69, 9.17) is 21.0 Å². The van der Waals surface area contributed by atoms with Crippen molar-refractivity contribution in [2.45, 2.75) is 6.92 Å². The molecule has 4 nitrogen and oxygen atoms in total. The summed E-state index contributed by atoms with van der Waals surface area (Å²) in [6.45, 7) is 3.64. The molecule has 0 fully saturated rings. The number of methoxy groups -OCH3 is 2. The van der Waals surface area contributed by atoms with Gasteiger partial charge in [0.15, 0.2) is 0 Å². The minimum absolute atomic E-state index is 0.130. The molecule has 0 aliphatic rings. The molecule has 4 heteroatoms. The number of hydrogen-bond acceptors (Lipinski definition) is 4. The van der Waals surface area contributed by atoms with Crippen molar-refractivity contribution in [2.24, 2.45) is 0 Å². The summed E-state index contributed by atoms with van der Waals surface area (Å²) in [5.41, 5.74) is 3.28. The van der Waals surface area contributed by atoms with Crippen LogP contribution in [0.3, 0.4) is 0 Å². The topological polar surface area (TPSA) is 41.9 Å².